The van der Waals surface area contributed by atoms with E-state index in [1.54, 1.807) is 0 Å². The van der Waals surface area contributed by atoms with Gasteiger partial charge in [0, 0.05) is 22.0 Å². The number of nitrogens with zero attached hydrogens (tertiary/aromatic N) is 2. The van der Waals surface area contributed by atoms with E-state index in [1.807, 2.05) is 42.5 Å². The number of rotatable bonds is 3. The lowest BCUT2D eigenvalue weighted by Gasteiger charge is -2.11. The quantitative estimate of drug-likeness (QED) is 0.719. The molecule has 1 N–H and O–H groups in total. The number of anilines is 1. The summed E-state index contributed by atoms with van der Waals surface area (Å²) in [5.41, 5.74) is 1.64. The lowest BCUT2D eigenvalue weighted by Crippen LogP contribution is -2.05. The molecule has 0 atom stereocenters. The molecule has 2 aromatic carbocycles. The molecule has 1 aliphatic carbocycles. The van der Waals surface area contributed by atoms with E-state index in [2.05, 4.69) is 10.3 Å². The van der Waals surface area contributed by atoms with Crippen LogP contribution in [0.2, 0.25) is 10.0 Å². The van der Waals surface area contributed by atoms with Crippen LogP contribution in [0.1, 0.15) is 12.8 Å². The lowest BCUT2D eigenvalue weighted by atomic mass is 10.2. The Morgan fingerprint density at radius 2 is 1.82 bits per heavy atom. The third kappa shape index (κ3) is 2.62. The Hall–Kier alpha value is -1.84. The molecule has 4 rings (SSSR count). The van der Waals surface area contributed by atoms with Gasteiger partial charge in [0.1, 0.15) is 5.82 Å². The van der Waals surface area contributed by atoms with Gasteiger partial charge >= 0.3 is 0 Å². The van der Waals surface area contributed by atoms with E-state index in [0.717, 1.165) is 22.3 Å². The Morgan fingerprint density at radius 3 is 2.59 bits per heavy atom. The summed E-state index contributed by atoms with van der Waals surface area (Å²) in [7, 11) is 0. The van der Waals surface area contributed by atoms with Crippen molar-refractivity contribution in [2.45, 2.75) is 18.9 Å². The molecular weight excluding hydrogens is 317 g/mol. The summed E-state index contributed by atoms with van der Waals surface area (Å²) in [5.74, 6) is 1.46. The minimum absolute atomic E-state index is 0.507. The Morgan fingerprint density at radius 1 is 1.00 bits per heavy atom. The molecule has 1 saturated carbocycles. The van der Waals surface area contributed by atoms with E-state index < -0.39 is 0 Å². The maximum atomic E-state index is 6.29. The minimum Gasteiger partial charge on any atom is -0.367 e. The van der Waals surface area contributed by atoms with E-state index >= 15 is 0 Å². The summed E-state index contributed by atoms with van der Waals surface area (Å²) < 4.78 is 0. The Labute approximate surface area is 138 Å². The predicted molar refractivity (Wildman–Crippen MR) is 91.6 cm³/mol. The topological polar surface area (TPSA) is 37.8 Å². The molecule has 0 saturated heterocycles. The normalized spacial score (nSPS) is 14.3. The highest BCUT2D eigenvalue weighted by Crippen LogP contribution is 2.32. The van der Waals surface area contributed by atoms with Crippen molar-refractivity contribution in [1.82, 2.24) is 9.97 Å². The fourth-order valence-electron chi connectivity index (χ4n) is 2.40. The molecule has 1 heterocycles. The second kappa shape index (κ2) is 5.41. The second-order valence-corrected chi connectivity index (χ2v) is 6.30. The van der Waals surface area contributed by atoms with Crippen LogP contribution in [-0.4, -0.2) is 16.0 Å². The van der Waals surface area contributed by atoms with Crippen LogP contribution in [0.3, 0.4) is 0 Å². The highest BCUT2D eigenvalue weighted by Gasteiger charge is 2.23. The van der Waals surface area contributed by atoms with Crippen LogP contribution in [0.25, 0.3) is 22.3 Å². The van der Waals surface area contributed by atoms with Crippen LogP contribution in [0, 0.1) is 0 Å². The summed E-state index contributed by atoms with van der Waals surface area (Å²) in [6.45, 7) is 0. The fraction of sp³-hybridized carbons (Fsp3) is 0.176. The van der Waals surface area contributed by atoms with Crippen molar-refractivity contribution < 1.29 is 0 Å². The first-order valence-electron chi connectivity index (χ1n) is 7.19. The van der Waals surface area contributed by atoms with Gasteiger partial charge in [0.25, 0.3) is 0 Å². The summed E-state index contributed by atoms with van der Waals surface area (Å²) in [6, 6.07) is 13.8. The maximum absolute atomic E-state index is 6.29. The zero-order valence-corrected chi connectivity index (χ0v) is 13.2. The Bertz CT molecular complexity index is 860. The van der Waals surface area contributed by atoms with Gasteiger partial charge in [-0.1, -0.05) is 35.3 Å². The van der Waals surface area contributed by atoms with E-state index in [4.69, 9.17) is 28.2 Å². The van der Waals surface area contributed by atoms with Crippen LogP contribution in [0.15, 0.2) is 42.5 Å². The number of benzene rings is 2. The van der Waals surface area contributed by atoms with Crippen molar-refractivity contribution in [2.75, 3.05) is 5.32 Å². The van der Waals surface area contributed by atoms with Gasteiger partial charge in [-0.05, 0) is 43.2 Å². The van der Waals surface area contributed by atoms with Crippen LogP contribution in [-0.2, 0) is 0 Å². The first-order chi connectivity index (χ1) is 10.7. The number of hydrogen-bond acceptors (Lipinski definition) is 3. The van der Waals surface area contributed by atoms with Crippen LogP contribution < -0.4 is 5.32 Å². The summed E-state index contributed by atoms with van der Waals surface area (Å²) >= 11 is 12.4. The molecule has 1 aromatic heterocycles. The van der Waals surface area contributed by atoms with Gasteiger partial charge in [0.2, 0.25) is 0 Å². The highest BCUT2D eigenvalue weighted by molar-refractivity contribution is 6.33. The van der Waals surface area contributed by atoms with Crippen molar-refractivity contribution >= 4 is 39.9 Å². The average molecular weight is 330 g/mol. The second-order valence-electron chi connectivity index (χ2n) is 5.46. The molecular formula is C17H13Cl2N3. The zero-order chi connectivity index (χ0) is 15.1. The number of hydrogen-bond donors (Lipinski definition) is 1. The van der Waals surface area contributed by atoms with Gasteiger partial charge in [-0.2, -0.15) is 0 Å². The van der Waals surface area contributed by atoms with E-state index in [0.29, 0.717) is 21.9 Å². The van der Waals surface area contributed by atoms with Gasteiger partial charge in [0.15, 0.2) is 5.82 Å². The Kier molecular flexibility index (Phi) is 3.40. The average Bonchev–Trinajstić information content (AvgIpc) is 3.31. The third-order valence-corrected chi connectivity index (χ3v) is 4.26. The van der Waals surface area contributed by atoms with Crippen molar-refractivity contribution in [3.05, 3.63) is 52.5 Å². The van der Waals surface area contributed by atoms with Gasteiger partial charge in [-0.3, -0.25) is 0 Å². The molecule has 3 nitrogen and oxygen atoms in total. The van der Waals surface area contributed by atoms with Gasteiger partial charge in [-0.15, -0.1) is 0 Å². The monoisotopic (exact) mass is 329 g/mol. The molecule has 0 unspecified atom stereocenters. The molecule has 22 heavy (non-hydrogen) atoms. The predicted octanol–water partition coefficient (Wildman–Crippen LogP) is 5.18. The molecule has 0 bridgehead atoms. The Balaban J connectivity index is 1.93. The maximum Gasteiger partial charge on any atom is 0.163 e. The van der Waals surface area contributed by atoms with E-state index in [9.17, 15) is 0 Å². The molecule has 0 radical (unpaired) electrons. The van der Waals surface area contributed by atoms with Gasteiger partial charge in [0.05, 0.1) is 10.5 Å². The molecule has 0 spiro atoms. The number of fused-ring (bicyclic) bond motifs is 1. The zero-order valence-electron chi connectivity index (χ0n) is 11.7. The summed E-state index contributed by atoms with van der Waals surface area (Å²) in [4.78, 5) is 9.33. The molecule has 1 aliphatic rings. The number of aromatic nitrogens is 2. The van der Waals surface area contributed by atoms with Crippen molar-refractivity contribution in [2.24, 2.45) is 0 Å². The molecule has 0 amide bonds. The SMILES string of the molecule is Clc1ccc2c(NC3CC3)nc(-c3ccccc3Cl)nc2c1. The summed E-state index contributed by atoms with van der Waals surface area (Å²) in [6.07, 6.45) is 2.36. The molecule has 0 aliphatic heterocycles. The standard InChI is InChI=1S/C17H13Cl2N3/c18-10-5-8-13-15(9-10)21-16(12-3-1-2-4-14(12)19)22-17(13)20-11-6-7-11/h1-5,8-9,11H,6-7H2,(H,20,21,22). The highest BCUT2D eigenvalue weighted by atomic mass is 35.5. The van der Waals surface area contributed by atoms with E-state index in [1.165, 1.54) is 12.8 Å². The molecule has 3 aromatic rings. The fourth-order valence-corrected chi connectivity index (χ4v) is 2.78. The lowest BCUT2D eigenvalue weighted by molar-refractivity contribution is 1.11. The van der Waals surface area contributed by atoms with Crippen molar-refractivity contribution in [3.8, 4) is 11.4 Å². The van der Waals surface area contributed by atoms with Crippen LogP contribution >= 0.6 is 23.2 Å². The molecule has 1 fully saturated rings. The van der Waals surface area contributed by atoms with Crippen molar-refractivity contribution in [1.29, 1.82) is 0 Å². The first-order valence-corrected chi connectivity index (χ1v) is 7.95. The molecule has 5 heteroatoms. The third-order valence-electron chi connectivity index (χ3n) is 3.69. The number of halogens is 2. The smallest absolute Gasteiger partial charge is 0.163 e. The first kappa shape index (κ1) is 13.8. The van der Waals surface area contributed by atoms with Crippen molar-refractivity contribution in [3.63, 3.8) is 0 Å². The largest absolute Gasteiger partial charge is 0.367 e. The summed E-state index contributed by atoms with van der Waals surface area (Å²) in [5, 5.41) is 5.75. The van der Waals surface area contributed by atoms with Gasteiger partial charge < -0.3 is 5.32 Å². The minimum atomic E-state index is 0.507. The van der Waals surface area contributed by atoms with Crippen LogP contribution in [0.5, 0.6) is 0 Å². The van der Waals surface area contributed by atoms with E-state index in [-0.39, 0.29) is 0 Å². The molecule has 110 valence electrons. The number of nitrogens with one attached hydrogen (secondary N) is 1. The van der Waals surface area contributed by atoms with Gasteiger partial charge in [-0.25, -0.2) is 9.97 Å². The van der Waals surface area contributed by atoms with Crippen LogP contribution in [0.4, 0.5) is 5.82 Å².